The van der Waals surface area contributed by atoms with E-state index >= 15 is 0 Å². The minimum atomic E-state index is -0.264. The van der Waals surface area contributed by atoms with Crippen LogP contribution in [0.1, 0.15) is 17.2 Å². The van der Waals surface area contributed by atoms with Gasteiger partial charge in [-0.3, -0.25) is 4.98 Å². The Balaban J connectivity index is 2.38. The molecule has 0 spiro atoms. The van der Waals surface area contributed by atoms with Crippen LogP contribution in [0.5, 0.6) is 11.5 Å². The molecule has 1 unspecified atom stereocenters. The van der Waals surface area contributed by atoms with Gasteiger partial charge in [0.2, 0.25) is 0 Å². The number of aromatic nitrogens is 1. The summed E-state index contributed by atoms with van der Waals surface area (Å²) in [6.45, 7) is 0. The maximum atomic E-state index is 6.22. The summed E-state index contributed by atoms with van der Waals surface area (Å²) in [7, 11) is 3.24. The van der Waals surface area contributed by atoms with Crippen LogP contribution in [-0.4, -0.2) is 19.2 Å². The largest absolute Gasteiger partial charge is 0.497 e. The summed E-state index contributed by atoms with van der Waals surface area (Å²) in [4.78, 5) is 4.07. The fourth-order valence-corrected chi connectivity index (χ4v) is 1.81. The van der Waals surface area contributed by atoms with E-state index in [9.17, 15) is 0 Å². The lowest BCUT2D eigenvalue weighted by atomic mass is 10.00. The topological polar surface area (TPSA) is 57.4 Å². The zero-order valence-electron chi connectivity index (χ0n) is 10.5. The van der Waals surface area contributed by atoms with Gasteiger partial charge in [-0.25, -0.2) is 0 Å². The highest BCUT2D eigenvalue weighted by atomic mass is 16.5. The highest BCUT2D eigenvalue weighted by Crippen LogP contribution is 2.31. The summed E-state index contributed by atoms with van der Waals surface area (Å²) in [6, 6.07) is 9.15. The predicted molar refractivity (Wildman–Crippen MR) is 69.8 cm³/mol. The average Bonchev–Trinajstić information content (AvgIpc) is 2.46. The molecule has 0 aliphatic rings. The molecule has 2 N–H and O–H groups in total. The fraction of sp³-hybridized carbons (Fsp3) is 0.214. The van der Waals surface area contributed by atoms with Crippen LogP contribution < -0.4 is 15.2 Å². The molecule has 2 rings (SSSR count). The number of ether oxygens (including phenoxy) is 2. The molecule has 0 radical (unpaired) electrons. The molecule has 0 amide bonds. The normalized spacial score (nSPS) is 11.9. The van der Waals surface area contributed by atoms with Gasteiger partial charge in [0, 0.05) is 24.0 Å². The van der Waals surface area contributed by atoms with Gasteiger partial charge in [-0.2, -0.15) is 0 Å². The molecule has 18 heavy (non-hydrogen) atoms. The summed E-state index contributed by atoms with van der Waals surface area (Å²) >= 11 is 0. The van der Waals surface area contributed by atoms with Crippen LogP contribution in [0.2, 0.25) is 0 Å². The smallest absolute Gasteiger partial charge is 0.127 e. The van der Waals surface area contributed by atoms with E-state index in [0.717, 1.165) is 16.9 Å². The molecule has 4 heteroatoms. The second-order valence-electron chi connectivity index (χ2n) is 3.87. The molecular weight excluding hydrogens is 228 g/mol. The van der Waals surface area contributed by atoms with Gasteiger partial charge in [0.1, 0.15) is 11.5 Å². The first kappa shape index (κ1) is 12.4. The number of rotatable bonds is 4. The SMILES string of the molecule is COc1ccc(C(N)c2cccnc2)c(OC)c1. The van der Waals surface area contributed by atoms with Crippen molar-refractivity contribution < 1.29 is 9.47 Å². The Kier molecular flexibility index (Phi) is 3.79. The molecule has 94 valence electrons. The third kappa shape index (κ3) is 2.43. The first-order chi connectivity index (χ1) is 8.76. The minimum Gasteiger partial charge on any atom is -0.497 e. The van der Waals surface area contributed by atoms with E-state index in [-0.39, 0.29) is 6.04 Å². The Morgan fingerprint density at radius 2 is 2.00 bits per heavy atom. The lowest BCUT2D eigenvalue weighted by molar-refractivity contribution is 0.390. The summed E-state index contributed by atoms with van der Waals surface area (Å²) in [5.74, 6) is 1.46. The van der Waals surface area contributed by atoms with Crippen LogP contribution in [0.25, 0.3) is 0 Å². The summed E-state index contributed by atoms with van der Waals surface area (Å²) < 4.78 is 10.5. The summed E-state index contributed by atoms with van der Waals surface area (Å²) in [6.07, 6.45) is 3.48. The van der Waals surface area contributed by atoms with Gasteiger partial charge in [0.15, 0.2) is 0 Å². The highest BCUT2D eigenvalue weighted by molar-refractivity contribution is 5.45. The first-order valence-electron chi connectivity index (χ1n) is 5.63. The van der Waals surface area contributed by atoms with Crippen molar-refractivity contribution in [3.05, 3.63) is 53.9 Å². The van der Waals surface area contributed by atoms with Crippen LogP contribution in [0, 0.1) is 0 Å². The quantitative estimate of drug-likeness (QED) is 0.895. The van der Waals surface area contributed by atoms with E-state index in [2.05, 4.69) is 4.98 Å². The Bertz CT molecular complexity index is 514. The number of nitrogens with two attached hydrogens (primary N) is 1. The van der Waals surface area contributed by atoms with Gasteiger partial charge in [0.25, 0.3) is 0 Å². The van der Waals surface area contributed by atoms with Crippen molar-refractivity contribution in [2.45, 2.75) is 6.04 Å². The first-order valence-corrected chi connectivity index (χ1v) is 5.63. The third-order valence-corrected chi connectivity index (χ3v) is 2.82. The molecule has 4 nitrogen and oxygen atoms in total. The van der Waals surface area contributed by atoms with E-state index in [1.54, 1.807) is 26.6 Å². The number of benzene rings is 1. The Labute approximate surface area is 106 Å². The third-order valence-electron chi connectivity index (χ3n) is 2.82. The van der Waals surface area contributed by atoms with Gasteiger partial charge in [-0.15, -0.1) is 0 Å². The maximum absolute atomic E-state index is 6.22. The Hall–Kier alpha value is -2.07. The number of hydrogen-bond acceptors (Lipinski definition) is 4. The van der Waals surface area contributed by atoms with Crippen LogP contribution in [0.15, 0.2) is 42.7 Å². The van der Waals surface area contributed by atoms with Gasteiger partial charge < -0.3 is 15.2 Å². The van der Waals surface area contributed by atoms with E-state index in [4.69, 9.17) is 15.2 Å². The molecular formula is C14H16N2O2. The van der Waals surface area contributed by atoms with Gasteiger partial charge in [0.05, 0.1) is 20.3 Å². The number of nitrogens with zero attached hydrogens (tertiary/aromatic N) is 1. The van der Waals surface area contributed by atoms with Crippen LogP contribution in [-0.2, 0) is 0 Å². The minimum absolute atomic E-state index is 0.264. The van der Waals surface area contributed by atoms with E-state index in [1.807, 2.05) is 30.3 Å². The zero-order chi connectivity index (χ0) is 13.0. The molecule has 2 aromatic rings. The molecule has 1 atom stereocenters. The lowest BCUT2D eigenvalue weighted by Crippen LogP contribution is -2.13. The van der Waals surface area contributed by atoms with Gasteiger partial charge in [-0.05, 0) is 23.8 Å². The van der Waals surface area contributed by atoms with Gasteiger partial charge in [-0.1, -0.05) is 6.07 Å². The summed E-state index contributed by atoms with van der Waals surface area (Å²) in [5, 5.41) is 0. The van der Waals surface area contributed by atoms with Crippen molar-refractivity contribution in [3.63, 3.8) is 0 Å². The highest BCUT2D eigenvalue weighted by Gasteiger charge is 2.14. The van der Waals surface area contributed by atoms with E-state index in [0.29, 0.717) is 5.75 Å². The molecule has 1 aromatic carbocycles. The molecule has 0 saturated heterocycles. The van der Waals surface area contributed by atoms with Crippen molar-refractivity contribution >= 4 is 0 Å². The monoisotopic (exact) mass is 244 g/mol. The number of pyridine rings is 1. The van der Waals surface area contributed by atoms with Crippen LogP contribution >= 0.6 is 0 Å². The van der Waals surface area contributed by atoms with E-state index < -0.39 is 0 Å². The molecule has 1 heterocycles. The van der Waals surface area contributed by atoms with Crippen molar-refractivity contribution in [2.75, 3.05) is 14.2 Å². The number of methoxy groups -OCH3 is 2. The average molecular weight is 244 g/mol. The second kappa shape index (κ2) is 5.51. The zero-order valence-corrected chi connectivity index (χ0v) is 10.5. The van der Waals surface area contributed by atoms with Crippen molar-refractivity contribution in [3.8, 4) is 11.5 Å². The molecule has 0 bridgehead atoms. The number of hydrogen-bond donors (Lipinski definition) is 1. The molecule has 0 saturated carbocycles. The van der Waals surface area contributed by atoms with Crippen LogP contribution in [0.3, 0.4) is 0 Å². The van der Waals surface area contributed by atoms with Crippen molar-refractivity contribution in [1.82, 2.24) is 4.98 Å². The second-order valence-corrected chi connectivity index (χ2v) is 3.87. The summed E-state index contributed by atoms with van der Waals surface area (Å²) in [5.41, 5.74) is 8.08. The molecule has 0 fully saturated rings. The molecule has 1 aromatic heterocycles. The Morgan fingerprint density at radius 1 is 1.17 bits per heavy atom. The maximum Gasteiger partial charge on any atom is 0.127 e. The fourth-order valence-electron chi connectivity index (χ4n) is 1.81. The van der Waals surface area contributed by atoms with E-state index in [1.165, 1.54) is 0 Å². The molecule has 0 aliphatic heterocycles. The predicted octanol–water partition coefficient (Wildman–Crippen LogP) is 2.15. The van der Waals surface area contributed by atoms with Crippen LogP contribution in [0.4, 0.5) is 0 Å². The lowest BCUT2D eigenvalue weighted by Gasteiger charge is -2.16. The molecule has 0 aliphatic carbocycles. The standard InChI is InChI=1S/C14H16N2O2/c1-17-11-5-6-12(13(8-11)18-2)14(15)10-4-3-7-16-9-10/h3-9,14H,15H2,1-2H3. The Morgan fingerprint density at radius 3 is 2.61 bits per heavy atom. The van der Waals surface area contributed by atoms with Crippen molar-refractivity contribution in [2.24, 2.45) is 5.73 Å². The van der Waals surface area contributed by atoms with Crippen molar-refractivity contribution in [1.29, 1.82) is 0 Å². The van der Waals surface area contributed by atoms with Gasteiger partial charge >= 0.3 is 0 Å².